The summed E-state index contributed by atoms with van der Waals surface area (Å²) in [6.07, 6.45) is 4.42. The molecule has 0 nitrogen and oxygen atoms in total. The van der Waals surface area contributed by atoms with Gasteiger partial charge in [-0.05, 0) is 44.9 Å². The van der Waals surface area contributed by atoms with Gasteiger partial charge in [0.15, 0.2) is 0 Å². The molecule has 0 radical (unpaired) electrons. The van der Waals surface area contributed by atoms with E-state index in [2.05, 4.69) is 13.8 Å². The fourth-order valence-corrected chi connectivity index (χ4v) is 2.14. The van der Waals surface area contributed by atoms with E-state index in [1.165, 1.54) is 19.3 Å². The Hall–Kier alpha value is -0.260. The molecule has 0 aromatic heterocycles. The quantitative estimate of drug-likeness (QED) is 0.433. The Kier molecular flexibility index (Phi) is 0.992. The third-order valence-electron chi connectivity index (χ3n) is 2.80. The van der Waals surface area contributed by atoms with Gasteiger partial charge in [0.05, 0.1) is 0 Å². The summed E-state index contributed by atoms with van der Waals surface area (Å²) < 4.78 is 0. The number of fused-ring (bicyclic) bond motifs is 1. The normalized spacial score (nSPS) is 38.7. The second kappa shape index (κ2) is 1.62. The molecule has 2 fully saturated rings. The molecule has 50 valence electrons. The lowest BCUT2D eigenvalue weighted by molar-refractivity contribution is 0.785. The van der Waals surface area contributed by atoms with Crippen LogP contribution in [0, 0.1) is 11.8 Å². The zero-order chi connectivity index (χ0) is 6.43. The first-order chi connectivity index (χ1) is 4.29. The minimum atomic E-state index is 1.05. The molecule has 0 spiro atoms. The molecule has 0 aromatic rings. The summed E-state index contributed by atoms with van der Waals surface area (Å²) in [5, 5.41) is 0. The molecule has 0 aromatic carbocycles. The van der Waals surface area contributed by atoms with Crippen LogP contribution in [0.15, 0.2) is 11.1 Å². The number of rotatable bonds is 0. The molecule has 2 atom stereocenters. The Morgan fingerprint density at radius 2 is 2.22 bits per heavy atom. The van der Waals surface area contributed by atoms with Gasteiger partial charge >= 0.3 is 0 Å². The third kappa shape index (κ3) is 0.726. The van der Waals surface area contributed by atoms with E-state index < -0.39 is 0 Å². The average Bonchev–Trinajstić information content (AvgIpc) is 2.43. The predicted molar refractivity (Wildman–Crippen MR) is 39.2 cm³/mol. The Labute approximate surface area is 57.0 Å². The fourth-order valence-electron chi connectivity index (χ4n) is 2.14. The highest BCUT2D eigenvalue weighted by Crippen LogP contribution is 2.55. The molecule has 0 bridgehead atoms. The summed E-state index contributed by atoms with van der Waals surface area (Å²) in [5.41, 5.74) is 3.39. The second-order valence-corrected chi connectivity index (χ2v) is 3.67. The number of hydrogen-bond acceptors (Lipinski definition) is 0. The van der Waals surface area contributed by atoms with Gasteiger partial charge in [0.1, 0.15) is 0 Å². The van der Waals surface area contributed by atoms with Crippen molar-refractivity contribution in [1.29, 1.82) is 0 Å². The van der Waals surface area contributed by atoms with Gasteiger partial charge in [-0.1, -0.05) is 11.1 Å². The minimum Gasteiger partial charge on any atom is -0.0769 e. The molecule has 2 aliphatic carbocycles. The maximum Gasteiger partial charge on any atom is -0.0169 e. The van der Waals surface area contributed by atoms with Gasteiger partial charge in [0, 0.05) is 0 Å². The van der Waals surface area contributed by atoms with Gasteiger partial charge in [-0.2, -0.15) is 0 Å². The fraction of sp³-hybridized carbons (Fsp3) is 0.778. The van der Waals surface area contributed by atoms with Crippen molar-refractivity contribution in [2.75, 3.05) is 0 Å². The first-order valence-electron chi connectivity index (χ1n) is 3.95. The molecular formula is C9H14. The number of hydrogen-bond donors (Lipinski definition) is 0. The molecule has 0 saturated heterocycles. The zero-order valence-electron chi connectivity index (χ0n) is 6.28. The summed E-state index contributed by atoms with van der Waals surface area (Å²) in [4.78, 5) is 0. The molecule has 0 heterocycles. The van der Waals surface area contributed by atoms with Crippen molar-refractivity contribution in [2.24, 2.45) is 11.8 Å². The van der Waals surface area contributed by atoms with Crippen LogP contribution in [0.3, 0.4) is 0 Å². The highest BCUT2D eigenvalue weighted by atomic mass is 14.5. The van der Waals surface area contributed by atoms with Gasteiger partial charge in [-0.3, -0.25) is 0 Å². The summed E-state index contributed by atoms with van der Waals surface area (Å²) in [5.74, 6) is 2.17. The summed E-state index contributed by atoms with van der Waals surface area (Å²) in [6.45, 7) is 4.52. The van der Waals surface area contributed by atoms with Crippen molar-refractivity contribution in [2.45, 2.75) is 33.1 Å². The summed E-state index contributed by atoms with van der Waals surface area (Å²) in [6, 6.07) is 0. The molecule has 2 saturated carbocycles. The Bertz CT molecular complexity index is 161. The molecule has 0 amide bonds. The first kappa shape index (κ1) is 5.52. The molecule has 2 unspecified atom stereocenters. The molecule has 2 rings (SSSR count). The molecule has 0 N–H and O–H groups in total. The maximum atomic E-state index is 2.26. The highest BCUT2D eigenvalue weighted by Gasteiger charge is 2.44. The van der Waals surface area contributed by atoms with E-state index in [0.717, 1.165) is 11.8 Å². The van der Waals surface area contributed by atoms with Crippen LogP contribution in [-0.2, 0) is 0 Å². The number of allylic oxidation sites excluding steroid dienone is 2. The molecule has 0 heteroatoms. The lowest BCUT2D eigenvalue weighted by atomic mass is 10.1. The van der Waals surface area contributed by atoms with Crippen molar-refractivity contribution in [3.05, 3.63) is 11.1 Å². The summed E-state index contributed by atoms with van der Waals surface area (Å²) >= 11 is 0. The van der Waals surface area contributed by atoms with Crippen LogP contribution in [0.1, 0.15) is 33.1 Å². The Morgan fingerprint density at radius 3 is 2.44 bits per heavy atom. The smallest absolute Gasteiger partial charge is 0.0169 e. The molecular weight excluding hydrogens is 108 g/mol. The van der Waals surface area contributed by atoms with E-state index in [1.54, 1.807) is 11.1 Å². The topological polar surface area (TPSA) is 0 Å². The van der Waals surface area contributed by atoms with E-state index in [-0.39, 0.29) is 0 Å². The van der Waals surface area contributed by atoms with Crippen LogP contribution in [0.4, 0.5) is 0 Å². The standard InChI is InChI=1S/C9H14/c1-6(2)8-4-3-7-5-9(7)8/h7,9H,3-5H2,1-2H3. The average molecular weight is 122 g/mol. The highest BCUT2D eigenvalue weighted by molar-refractivity contribution is 5.25. The van der Waals surface area contributed by atoms with E-state index in [0.29, 0.717) is 0 Å². The van der Waals surface area contributed by atoms with Gasteiger partial charge in [-0.25, -0.2) is 0 Å². The second-order valence-electron chi connectivity index (χ2n) is 3.67. The van der Waals surface area contributed by atoms with Crippen LogP contribution in [0.25, 0.3) is 0 Å². The molecule has 0 aliphatic heterocycles. The van der Waals surface area contributed by atoms with Crippen LogP contribution >= 0.6 is 0 Å². The van der Waals surface area contributed by atoms with Crippen molar-refractivity contribution in [3.8, 4) is 0 Å². The SMILES string of the molecule is CC(C)=C1CCC2CC12. The van der Waals surface area contributed by atoms with Crippen molar-refractivity contribution in [3.63, 3.8) is 0 Å². The monoisotopic (exact) mass is 122 g/mol. The van der Waals surface area contributed by atoms with Crippen LogP contribution < -0.4 is 0 Å². The summed E-state index contributed by atoms with van der Waals surface area (Å²) in [7, 11) is 0. The van der Waals surface area contributed by atoms with Gasteiger partial charge in [0.25, 0.3) is 0 Å². The van der Waals surface area contributed by atoms with Crippen molar-refractivity contribution in [1.82, 2.24) is 0 Å². The van der Waals surface area contributed by atoms with E-state index in [4.69, 9.17) is 0 Å². The lowest BCUT2D eigenvalue weighted by Gasteiger charge is -2.00. The third-order valence-corrected chi connectivity index (χ3v) is 2.80. The predicted octanol–water partition coefficient (Wildman–Crippen LogP) is 2.75. The van der Waals surface area contributed by atoms with Crippen LogP contribution in [0.5, 0.6) is 0 Å². The van der Waals surface area contributed by atoms with E-state index >= 15 is 0 Å². The molecule has 2 aliphatic rings. The van der Waals surface area contributed by atoms with E-state index in [9.17, 15) is 0 Å². The van der Waals surface area contributed by atoms with Crippen LogP contribution in [-0.4, -0.2) is 0 Å². The van der Waals surface area contributed by atoms with Gasteiger partial charge in [-0.15, -0.1) is 0 Å². The first-order valence-corrected chi connectivity index (χ1v) is 3.95. The largest absolute Gasteiger partial charge is 0.0769 e. The van der Waals surface area contributed by atoms with Crippen LogP contribution in [0.2, 0.25) is 0 Å². The molecule has 9 heavy (non-hydrogen) atoms. The minimum absolute atomic E-state index is 1.05. The van der Waals surface area contributed by atoms with Crippen molar-refractivity contribution < 1.29 is 0 Å². The Morgan fingerprint density at radius 1 is 1.44 bits per heavy atom. The van der Waals surface area contributed by atoms with E-state index in [1.807, 2.05) is 0 Å². The van der Waals surface area contributed by atoms with Gasteiger partial charge < -0.3 is 0 Å². The lowest BCUT2D eigenvalue weighted by Crippen LogP contribution is -1.82. The maximum absolute atomic E-state index is 2.26. The Balaban J connectivity index is 2.23. The van der Waals surface area contributed by atoms with Gasteiger partial charge in [0.2, 0.25) is 0 Å². The van der Waals surface area contributed by atoms with Crippen molar-refractivity contribution >= 4 is 0 Å². The zero-order valence-corrected chi connectivity index (χ0v) is 6.28.